The Hall–Kier alpha value is -2.05. The average molecular weight is 267 g/mol. The normalized spacial score (nSPS) is 13.2. The van der Waals surface area contributed by atoms with Gasteiger partial charge in [0.1, 0.15) is 0 Å². The molecule has 4 N–H and O–H groups in total. The van der Waals surface area contributed by atoms with Crippen LogP contribution in [0.1, 0.15) is 26.2 Å². The minimum atomic E-state index is -0.557. The number of amidine groups is 1. The van der Waals surface area contributed by atoms with Gasteiger partial charge in [-0.3, -0.25) is 4.79 Å². The highest BCUT2D eigenvalue weighted by Crippen LogP contribution is 2.03. The van der Waals surface area contributed by atoms with Crippen LogP contribution in [0, 0.1) is 5.92 Å². The first kappa shape index (κ1) is 15.0. The molecule has 1 aromatic rings. The summed E-state index contributed by atoms with van der Waals surface area (Å²) in [4.78, 5) is 15.7. The Balaban J connectivity index is 2.19. The van der Waals surface area contributed by atoms with Crippen LogP contribution in [-0.2, 0) is 11.3 Å². The van der Waals surface area contributed by atoms with E-state index in [9.17, 15) is 4.79 Å². The lowest BCUT2D eigenvalue weighted by Crippen LogP contribution is -2.39. The van der Waals surface area contributed by atoms with Gasteiger partial charge in [-0.1, -0.05) is 12.1 Å². The zero-order valence-corrected chi connectivity index (χ0v) is 11.1. The number of imidazole rings is 1. The lowest BCUT2D eigenvalue weighted by molar-refractivity contribution is -0.123. The summed E-state index contributed by atoms with van der Waals surface area (Å²) in [5.74, 6) is -0.794. The molecular weight excluding hydrogens is 246 g/mol. The summed E-state index contributed by atoms with van der Waals surface area (Å²) in [6, 6.07) is 0. The maximum absolute atomic E-state index is 11.8. The summed E-state index contributed by atoms with van der Waals surface area (Å²) in [6.45, 7) is 3.29. The Labute approximate surface area is 112 Å². The number of carbonyl (C=O) groups excluding carboxylic acids is 1. The number of hydrogen-bond donors (Lipinski definition) is 3. The molecule has 0 saturated heterocycles. The van der Waals surface area contributed by atoms with Gasteiger partial charge in [0.15, 0.2) is 5.84 Å². The molecule has 7 nitrogen and oxygen atoms in total. The van der Waals surface area contributed by atoms with Crippen LogP contribution in [-0.4, -0.2) is 33.0 Å². The molecule has 0 bridgehead atoms. The smallest absolute Gasteiger partial charge is 0.230 e. The lowest BCUT2D eigenvalue weighted by atomic mass is 10.0. The van der Waals surface area contributed by atoms with E-state index in [0.717, 1.165) is 19.4 Å². The Morgan fingerprint density at radius 3 is 2.95 bits per heavy atom. The largest absolute Gasteiger partial charge is 0.409 e. The van der Waals surface area contributed by atoms with Crippen LogP contribution >= 0.6 is 0 Å². The molecule has 19 heavy (non-hydrogen) atoms. The third kappa shape index (κ3) is 4.99. The van der Waals surface area contributed by atoms with E-state index in [1.165, 1.54) is 0 Å². The second-order valence-electron chi connectivity index (χ2n) is 4.28. The predicted molar refractivity (Wildman–Crippen MR) is 71.7 cm³/mol. The van der Waals surface area contributed by atoms with Gasteiger partial charge in [0.05, 0.1) is 12.2 Å². The van der Waals surface area contributed by atoms with Crippen molar-refractivity contribution in [2.24, 2.45) is 16.8 Å². The number of aromatic nitrogens is 2. The van der Waals surface area contributed by atoms with E-state index in [0.29, 0.717) is 13.0 Å². The molecule has 1 unspecified atom stereocenters. The first-order valence-corrected chi connectivity index (χ1v) is 6.40. The fraction of sp³-hybridized carbons (Fsp3) is 0.583. The minimum Gasteiger partial charge on any atom is -0.409 e. The summed E-state index contributed by atoms with van der Waals surface area (Å²) in [5.41, 5.74) is 5.45. The number of carbonyl (C=O) groups is 1. The van der Waals surface area contributed by atoms with Crippen molar-refractivity contribution in [3.63, 3.8) is 0 Å². The van der Waals surface area contributed by atoms with Crippen molar-refractivity contribution in [2.45, 2.75) is 32.7 Å². The molecule has 1 amide bonds. The standard InChI is InChI=1S/C12H21N5O2/c1-2-10(11(13)16-19)12(18)15-5-3-4-7-17-8-6-14-9-17/h6,8-10,19H,2-5,7H2,1H3,(H2,13,16)(H,15,18). The number of hydrogen-bond acceptors (Lipinski definition) is 4. The van der Waals surface area contributed by atoms with Gasteiger partial charge < -0.3 is 20.8 Å². The third-order valence-electron chi connectivity index (χ3n) is 2.90. The first-order valence-electron chi connectivity index (χ1n) is 6.40. The van der Waals surface area contributed by atoms with E-state index in [1.807, 2.05) is 17.7 Å². The van der Waals surface area contributed by atoms with Crippen LogP contribution in [0.15, 0.2) is 23.9 Å². The van der Waals surface area contributed by atoms with Crippen molar-refractivity contribution in [2.75, 3.05) is 6.54 Å². The molecule has 0 aliphatic rings. The van der Waals surface area contributed by atoms with Crippen molar-refractivity contribution in [1.82, 2.24) is 14.9 Å². The maximum atomic E-state index is 11.8. The number of nitrogens with two attached hydrogens (primary N) is 1. The molecule has 0 aliphatic heterocycles. The summed E-state index contributed by atoms with van der Waals surface area (Å²) in [6.07, 6.45) is 7.75. The van der Waals surface area contributed by atoms with Crippen LogP contribution in [0.4, 0.5) is 0 Å². The second-order valence-corrected chi connectivity index (χ2v) is 4.28. The molecule has 1 atom stereocenters. The number of rotatable bonds is 8. The molecular formula is C12H21N5O2. The van der Waals surface area contributed by atoms with Crippen molar-refractivity contribution < 1.29 is 10.0 Å². The Morgan fingerprint density at radius 2 is 2.37 bits per heavy atom. The van der Waals surface area contributed by atoms with Gasteiger partial charge in [-0.25, -0.2) is 4.98 Å². The third-order valence-corrected chi connectivity index (χ3v) is 2.90. The van der Waals surface area contributed by atoms with Gasteiger partial charge in [0, 0.05) is 25.5 Å². The highest BCUT2D eigenvalue weighted by atomic mass is 16.4. The van der Waals surface area contributed by atoms with Crippen LogP contribution in [0.2, 0.25) is 0 Å². The average Bonchev–Trinajstić information content (AvgIpc) is 2.92. The van der Waals surface area contributed by atoms with E-state index < -0.39 is 5.92 Å². The number of nitrogens with one attached hydrogen (secondary N) is 1. The molecule has 0 spiro atoms. The summed E-state index contributed by atoms with van der Waals surface area (Å²) < 4.78 is 1.99. The van der Waals surface area contributed by atoms with Gasteiger partial charge in [-0.15, -0.1) is 0 Å². The van der Waals surface area contributed by atoms with E-state index in [4.69, 9.17) is 10.9 Å². The molecule has 7 heteroatoms. The summed E-state index contributed by atoms with van der Waals surface area (Å²) in [7, 11) is 0. The lowest BCUT2D eigenvalue weighted by Gasteiger charge is -2.13. The van der Waals surface area contributed by atoms with Crippen molar-refractivity contribution in [3.8, 4) is 0 Å². The molecule has 0 radical (unpaired) electrons. The molecule has 0 aliphatic carbocycles. The number of nitrogens with zero attached hydrogens (tertiary/aromatic N) is 3. The van der Waals surface area contributed by atoms with Gasteiger partial charge in [-0.2, -0.15) is 0 Å². The second kappa shape index (κ2) is 8.12. The molecule has 1 heterocycles. The van der Waals surface area contributed by atoms with Gasteiger partial charge in [-0.05, 0) is 19.3 Å². The maximum Gasteiger partial charge on any atom is 0.230 e. The monoisotopic (exact) mass is 267 g/mol. The van der Waals surface area contributed by atoms with Crippen LogP contribution < -0.4 is 11.1 Å². The molecule has 106 valence electrons. The number of aryl methyl sites for hydroxylation is 1. The predicted octanol–water partition coefficient (Wildman–Crippen LogP) is 0.552. The highest BCUT2D eigenvalue weighted by Gasteiger charge is 2.20. The van der Waals surface area contributed by atoms with E-state index in [1.54, 1.807) is 12.5 Å². The van der Waals surface area contributed by atoms with Gasteiger partial charge in [0.25, 0.3) is 0 Å². The zero-order chi connectivity index (χ0) is 14.1. The fourth-order valence-corrected chi connectivity index (χ4v) is 1.77. The highest BCUT2D eigenvalue weighted by molar-refractivity contribution is 6.01. The topological polar surface area (TPSA) is 106 Å². The number of unbranched alkanes of at least 4 members (excludes halogenated alkanes) is 1. The summed E-state index contributed by atoms with van der Waals surface area (Å²) in [5, 5.41) is 14.3. The van der Waals surface area contributed by atoms with Gasteiger partial charge >= 0.3 is 0 Å². The van der Waals surface area contributed by atoms with E-state index in [-0.39, 0.29) is 11.7 Å². The zero-order valence-electron chi connectivity index (χ0n) is 11.1. The van der Waals surface area contributed by atoms with Crippen molar-refractivity contribution >= 4 is 11.7 Å². The Bertz CT molecular complexity index is 402. The fourth-order valence-electron chi connectivity index (χ4n) is 1.77. The molecule has 0 fully saturated rings. The minimum absolute atomic E-state index is 0.0431. The molecule has 0 saturated carbocycles. The first-order chi connectivity index (χ1) is 9.19. The van der Waals surface area contributed by atoms with E-state index in [2.05, 4.69) is 15.5 Å². The van der Waals surface area contributed by atoms with Crippen molar-refractivity contribution in [3.05, 3.63) is 18.7 Å². The van der Waals surface area contributed by atoms with Crippen LogP contribution in [0.3, 0.4) is 0 Å². The number of amides is 1. The Morgan fingerprint density at radius 1 is 1.58 bits per heavy atom. The van der Waals surface area contributed by atoms with E-state index >= 15 is 0 Å². The molecule has 1 aromatic heterocycles. The molecule has 0 aromatic carbocycles. The number of oxime groups is 1. The van der Waals surface area contributed by atoms with Crippen LogP contribution in [0.25, 0.3) is 0 Å². The van der Waals surface area contributed by atoms with Gasteiger partial charge in [0.2, 0.25) is 5.91 Å². The quantitative estimate of drug-likeness (QED) is 0.210. The SMILES string of the molecule is CCC(C(=O)NCCCCn1ccnc1)C(N)=NO. The van der Waals surface area contributed by atoms with Crippen molar-refractivity contribution in [1.29, 1.82) is 0 Å². The Kier molecular flexibility index (Phi) is 6.42. The van der Waals surface area contributed by atoms with Crippen LogP contribution in [0.5, 0.6) is 0 Å². The molecule has 1 rings (SSSR count). The summed E-state index contributed by atoms with van der Waals surface area (Å²) >= 11 is 0.